The van der Waals surface area contributed by atoms with Gasteiger partial charge in [-0.15, -0.1) is 0 Å². The zero-order valence-corrected chi connectivity index (χ0v) is 18.2. The first-order valence-corrected chi connectivity index (χ1v) is 10.2. The van der Waals surface area contributed by atoms with Gasteiger partial charge in [-0.05, 0) is 47.7 Å². The first-order valence-electron chi connectivity index (χ1n) is 7.65. The normalized spacial score (nSPS) is 10.6. The fourth-order valence-corrected chi connectivity index (χ4v) is 3.82. The molecule has 2 rings (SSSR count). The van der Waals surface area contributed by atoms with Gasteiger partial charge in [0.05, 0.1) is 7.11 Å². The standard InChI is InChI=1S/C12H12IN5O4S.C3H9N/c1-7-14-10(17-12(15-7)22-2)16-11(19)18-23(20,21)9-6-4-3-5-8(9)13;1-3(2)4/h3-6H,1-2H3,(H2,14,15,16,17,18,19);3H,4H2,1-2H3. The minimum atomic E-state index is -4.01. The van der Waals surface area contributed by atoms with Crippen molar-refractivity contribution >= 4 is 44.6 Å². The lowest BCUT2D eigenvalue weighted by Gasteiger charge is -2.09. The number of halogens is 1. The van der Waals surface area contributed by atoms with Gasteiger partial charge in [0.25, 0.3) is 10.0 Å². The third kappa shape index (κ3) is 8.01. The van der Waals surface area contributed by atoms with Crippen LogP contribution in [0, 0.1) is 10.5 Å². The fraction of sp³-hybridized carbons (Fsp3) is 0.333. The molecule has 0 aliphatic heterocycles. The quantitative estimate of drug-likeness (QED) is 0.528. The SMILES string of the molecule is CC(C)N.COc1nc(C)nc(NC(=O)NS(=O)(=O)c2ccccc2I)n1. The first kappa shape index (κ1) is 23.0. The molecule has 0 saturated heterocycles. The van der Waals surface area contributed by atoms with Crippen LogP contribution in [0.15, 0.2) is 29.2 Å². The lowest BCUT2D eigenvalue weighted by atomic mass is 10.4. The smallest absolute Gasteiger partial charge is 0.335 e. The molecule has 0 fully saturated rings. The maximum atomic E-state index is 12.2. The Kier molecular flexibility index (Phi) is 8.78. The molecule has 2 aromatic rings. The van der Waals surface area contributed by atoms with Gasteiger partial charge in [0.1, 0.15) is 10.7 Å². The summed E-state index contributed by atoms with van der Waals surface area (Å²) in [6.45, 7) is 5.47. The first-order chi connectivity index (χ1) is 12.5. The zero-order valence-electron chi connectivity index (χ0n) is 15.2. The van der Waals surface area contributed by atoms with E-state index in [0.29, 0.717) is 15.4 Å². The van der Waals surface area contributed by atoms with Crippen molar-refractivity contribution in [2.45, 2.75) is 31.7 Å². The number of rotatable bonds is 4. The Hall–Kier alpha value is -2.06. The Bertz CT molecular complexity index is 889. The van der Waals surface area contributed by atoms with Crippen LogP contribution in [0.2, 0.25) is 0 Å². The van der Waals surface area contributed by atoms with E-state index in [-0.39, 0.29) is 16.9 Å². The van der Waals surface area contributed by atoms with E-state index < -0.39 is 16.1 Å². The van der Waals surface area contributed by atoms with E-state index in [9.17, 15) is 13.2 Å². The third-order valence-electron chi connectivity index (χ3n) is 2.49. The zero-order chi connectivity index (χ0) is 20.6. The summed E-state index contributed by atoms with van der Waals surface area (Å²) in [6.07, 6.45) is 0. The number of nitrogens with one attached hydrogen (secondary N) is 2. The van der Waals surface area contributed by atoms with Crippen molar-refractivity contribution < 1.29 is 17.9 Å². The number of sulfonamides is 1. The summed E-state index contributed by atoms with van der Waals surface area (Å²) in [6, 6.07) is 5.63. The van der Waals surface area contributed by atoms with Crippen LogP contribution in [0.25, 0.3) is 0 Å². The average Bonchev–Trinajstić information content (AvgIpc) is 2.53. The highest BCUT2D eigenvalue weighted by molar-refractivity contribution is 14.1. The summed E-state index contributed by atoms with van der Waals surface area (Å²) in [5.41, 5.74) is 5.11. The van der Waals surface area contributed by atoms with Gasteiger partial charge in [0.15, 0.2) is 0 Å². The van der Waals surface area contributed by atoms with Crippen molar-refractivity contribution in [3.8, 4) is 6.01 Å². The highest BCUT2D eigenvalue weighted by Crippen LogP contribution is 2.17. The molecule has 0 spiro atoms. The number of methoxy groups -OCH3 is 1. The summed E-state index contributed by atoms with van der Waals surface area (Å²) in [4.78, 5) is 23.4. The molecular weight excluding hydrogens is 487 g/mol. The van der Waals surface area contributed by atoms with Crippen molar-refractivity contribution in [2.24, 2.45) is 5.73 Å². The number of carbonyl (C=O) groups is 1. The number of carbonyl (C=O) groups excluding carboxylic acids is 1. The number of nitrogens with two attached hydrogens (primary N) is 1. The Morgan fingerprint density at radius 1 is 1.22 bits per heavy atom. The van der Waals surface area contributed by atoms with Gasteiger partial charge < -0.3 is 10.5 Å². The van der Waals surface area contributed by atoms with Crippen molar-refractivity contribution in [3.63, 3.8) is 0 Å². The largest absolute Gasteiger partial charge is 0.467 e. The van der Waals surface area contributed by atoms with Crippen LogP contribution >= 0.6 is 22.6 Å². The Labute approximate surface area is 171 Å². The van der Waals surface area contributed by atoms with E-state index in [2.05, 4.69) is 20.3 Å². The number of amides is 2. The summed E-state index contributed by atoms with van der Waals surface area (Å²) < 4.78 is 31.6. The Morgan fingerprint density at radius 2 is 1.81 bits per heavy atom. The molecule has 0 aliphatic rings. The van der Waals surface area contributed by atoms with Crippen LogP contribution in [0.5, 0.6) is 6.01 Å². The van der Waals surface area contributed by atoms with Crippen LogP contribution in [0.1, 0.15) is 19.7 Å². The monoisotopic (exact) mass is 508 g/mol. The van der Waals surface area contributed by atoms with Crippen molar-refractivity contribution in [1.29, 1.82) is 0 Å². The highest BCUT2D eigenvalue weighted by atomic mass is 127. The molecule has 1 heterocycles. The Morgan fingerprint density at radius 3 is 2.37 bits per heavy atom. The molecule has 2 amide bonds. The number of ether oxygens (including phenoxy) is 1. The minimum absolute atomic E-state index is 0.000146. The van der Waals surface area contributed by atoms with Crippen molar-refractivity contribution in [3.05, 3.63) is 33.7 Å². The van der Waals surface area contributed by atoms with Crippen LogP contribution in [0.3, 0.4) is 0 Å². The molecule has 0 unspecified atom stereocenters. The van der Waals surface area contributed by atoms with E-state index in [1.807, 2.05) is 41.2 Å². The molecule has 0 radical (unpaired) electrons. The maximum absolute atomic E-state index is 12.2. The third-order valence-corrected chi connectivity index (χ3v) is 5.18. The fourth-order valence-electron chi connectivity index (χ4n) is 1.57. The molecule has 0 saturated carbocycles. The number of aromatic nitrogens is 3. The summed E-state index contributed by atoms with van der Waals surface area (Å²) in [7, 11) is -2.65. The summed E-state index contributed by atoms with van der Waals surface area (Å²) in [5, 5.41) is 2.23. The van der Waals surface area contributed by atoms with E-state index in [4.69, 9.17) is 10.5 Å². The predicted octanol–water partition coefficient (Wildman–Crippen LogP) is 1.66. The number of benzene rings is 1. The van der Waals surface area contributed by atoms with E-state index in [0.717, 1.165) is 0 Å². The van der Waals surface area contributed by atoms with Gasteiger partial charge in [-0.25, -0.2) is 17.9 Å². The predicted molar refractivity (Wildman–Crippen MR) is 109 cm³/mol. The number of anilines is 1. The van der Waals surface area contributed by atoms with E-state index >= 15 is 0 Å². The molecule has 0 aliphatic carbocycles. The maximum Gasteiger partial charge on any atom is 0.335 e. The van der Waals surface area contributed by atoms with Crippen molar-refractivity contribution in [1.82, 2.24) is 19.7 Å². The second-order valence-corrected chi connectivity index (χ2v) is 8.24. The van der Waals surface area contributed by atoms with Crippen LogP contribution < -0.4 is 20.5 Å². The molecule has 1 aromatic carbocycles. The summed E-state index contributed by atoms with van der Waals surface area (Å²) >= 11 is 1.87. The summed E-state index contributed by atoms with van der Waals surface area (Å²) in [5.74, 6) is 0.192. The van der Waals surface area contributed by atoms with Gasteiger partial charge in [0, 0.05) is 3.57 Å². The van der Waals surface area contributed by atoms with Crippen LogP contribution in [0.4, 0.5) is 10.7 Å². The number of aryl methyl sites for hydroxylation is 1. The average molecular weight is 508 g/mol. The Balaban J connectivity index is 0.000000828. The van der Waals surface area contributed by atoms with E-state index in [1.165, 1.54) is 13.2 Å². The number of urea groups is 1. The van der Waals surface area contributed by atoms with Crippen LogP contribution in [-0.4, -0.2) is 42.6 Å². The minimum Gasteiger partial charge on any atom is -0.467 e. The van der Waals surface area contributed by atoms with Crippen molar-refractivity contribution in [2.75, 3.05) is 12.4 Å². The molecule has 12 heteroatoms. The van der Waals surface area contributed by atoms with Crippen LogP contribution in [-0.2, 0) is 10.0 Å². The lowest BCUT2D eigenvalue weighted by Crippen LogP contribution is -2.35. The topological polar surface area (TPSA) is 149 Å². The van der Waals surface area contributed by atoms with Gasteiger partial charge >= 0.3 is 12.0 Å². The molecule has 148 valence electrons. The number of nitrogens with zero attached hydrogens (tertiary/aromatic N) is 3. The molecule has 0 atom stereocenters. The molecule has 10 nitrogen and oxygen atoms in total. The second-order valence-electron chi connectivity index (χ2n) is 5.43. The number of hydrogen-bond acceptors (Lipinski definition) is 8. The number of hydrogen-bond donors (Lipinski definition) is 3. The molecule has 27 heavy (non-hydrogen) atoms. The highest BCUT2D eigenvalue weighted by Gasteiger charge is 2.20. The van der Waals surface area contributed by atoms with Gasteiger partial charge in [0.2, 0.25) is 5.95 Å². The lowest BCUT2D eigenvalue weighted by molar-refractivity contribution is 0.256. The van der Waals surface area contributed by atoms with Gasteiger partial charge in [-0.3, -0.25) is 5.32 Å². The molecule has 1 aromatic heterocycles. The molecule has 4 N–H and O–H groups in total. The van der Waals surface area contributed by atoms with E-state index in [1.54, 1.807) is 25.1 Å². The van der Waals surface area contributed by atoms with Gasteiger partial charge in [-0.2, -0.15) is 15.0 Å². The molecule has 0 bridgehead atoms. The molecular formula is C15H21IN6O4S. The second kappa shape index (κ2) is 10.3. The van der Waals surface area contributed by atoms with Gasteiger partial charge in [-0.1, -0.05) is 26.0 Å².